The highest BCUT2D eigenvalue weighted by molar-refractivity contribution is 5.60. The highest BCUT2D eigenvalue weighted by atomic mass is 16.5. The summed E-state index contributed by atoms with van der Waals surface area (Å²) >= 11 is 0. The first kappa shape index (κ1) is 16.9. The van der Waals surface area contributed by atoms with E-state index in [1.165, 1.54) is 17.7 Å². The molecule has 2 rings (SSSR count). The second-order valence-corrected chi connectivity index (χ2v) is 6.51. The summed E-state index contributed by atoms with van der Waals surface area (Å²) in [7, 11) is 0. The van der Waals surface area contributed by atoms with Crippen LogP contribution < -0.4 is 15.0 Å². The molecule has 3 nitrogen and oxygen atoms in total. The zero-order valence-corrected chi connectivity index (χ0v) is 14.3. The maximum Gasteiger partial charge on any atom is 0.142 e. The van der Waals surface area contributed by atoms with Crippen LogP contribution in [-0.2, 0) is 6.54 Å². The fourth-order valence-corrected chi connectivity index (χ4v) is 3.38. The SMILES string of the molecule is C=CCNCc1ccc(N2CC(C)CC(C)C2)c(OCC)c1. The van der Waals surface area contributed by atoms with Crippen molar-refractivity contribution >= 4 is 5.69 Å². The normalized spacial score (nSPS) is 21.7. The molecule has 2 unspecified atom stereocenters. The number of nitrogens with zero attached hydrogens (tertiary/aromatic N) is 1. The Labute approximate surface area is 135 Å². The Bertz CT molecular complexity index is 476. The first-order chi connectivity index (χ1) is 10.6. The van der Waals surface area contributed by atoms with Crippen molar-refractivity contribution in [1.29, 1.82) is 0 Å². The van der Waals surface area contributed by atoms with Gasteiger partial charge in [0.25, 0.3) is 0 Å². The molecule has 0 spiro atoms. The maximum absolute atomic E-state index is 5.92. The zero-order valence-electron chi connectivity index (χ0n) is 14.3. The highest BCUT2D eigenvalue weighted by Gasteiger charge is 2.24. The molecule has 0 radical (unpaired) electrons. The smallest absolute Gasteiger partial charge is 0.142 e. The van der Waals surface area contributed by atoms with Crippen molar-refractivity contribution < 1.29 is 4.74 Å². The Morgan fingerprint density at radius 2 is 2.05 bits per heavy atom. The summed E-state index contributed by atoms with van der Waals surface area (Å²) in [4.78, 5) is 2.49. The number of piperidine rings is 1. The molecular weight excluding hydrogens is 272 g/mol. The van der Waals surface area contributed by atoms with Crippen LogP contribution in [0.5, 0.6) is 5.75 Å². The number of nitrogens with one attached hydrogen (secondary N) is 1. The molecule has 1 heterocycles. The van der Waals surface area contributed by atoms with E-state index in [4.69, 9.17) is 4.74 Å². The third-order valence-electron chi connectivity index (χ3n) is 4.15. The first-order valence-corrected chi connectivity index (χ1v) is 8.46. The molecule has 122 valence electrons. The van der Waals surface area contributed by atoms with Gasteiger partial charge in [-0.05, 0) is 42.9 Å². The zero-order chi connectivity index (χ0) is 15.9. The van der Waals surface area contributed by atoms with E-state index in [1.807, 2.05) is 13.0 Å². The minimum Gasteiger partial charge on any atom is -0.492 e. The molecule has 1 aromatic carbocycles. The fraction of sp³-hybridized carbons (Fsp3) is 0.579. The first-order valence-electron chi connectivity index (χ1n) is 8.46. The van der Waals surface area contributed by atoms with E-state index in [0.29, 0.717) is 6.61 Å². The van der Waals surface area contributed by atoms with Crippen molar-refractivity contribution in [1.82, 2.24) is 5.32 Å². The maximum atomic E-state index is 5.92. The van der Waals surface area contributed by atoms with Gasteiger partial charge in [0, 0.05) is 26.2 Å². The van der Waals surface area contributed by atoms with E-state index in [-0.39, 0.29) is 0 Å². The molecule has 0 bridgehead atoms. The monoisotopic (exact) mass is 302 g/mol. The molecule has 0 amide bonds. The summed E-state index contributed by atoms with van der Waals surface area (Å²) in [5.41, 5.74) is 2.50. The average Bonchev–Trinajstić information content (AvgIpc) is 2.47. The van der Waals surface area contributed by atoms with E-state index in [0.717, 1.165) is 43.8 Å². The molecule has 1 aromatic rings. The summed E-state index contributed by atoms with van der Waals surface area (Å²) in [6.07, 6.45) is 3.21. The van der Waals surface area contributed by atoms with Gasteiger partial charge < -0.3 is 15.0 Å². The molecule has 0 aromatic heterocycles. The van der Waals surface area contributed by atoms with E-state index >= 15 is 0 Å². The lowest BCUT2D eigenvalue weighted by atomic mass is 9.91. The van der Waals surface area contributed by atoms with Gasteiger partial charge in [0.2, 0.25) is 0 Å². The van der Waals surface area contributed by atoms with E-state index in [2.05, 4.69) is 48.8 Å². The highest BCUT2D eigenvalue weighted by Crippen LogP contribution is 2.34. The molecule has 0 saturated carbocycles. The summed E-state index contributed by atoms with van der Waals surface area (Å²) in [5, 5.41) is 3.35. The number of benzene rings is 1. The molecule has 1 fully saturated rings. The minimum atomic E-state index is 0.704. The molecule has 3 heteroatoms. The quantitative estimate of drug-likeness (QED) is 0.612. The predicted molar refractivity (Wildman–Crippen MR) is 94.7 cm³/mol. The number of ether oxygens (including phenoxy) is 1. The van der Waals surface area contributed by atoms with Crippen LogP contribution in [0.1, 0.15) is 32.8 Å². The van der Waals surface area contributed by atoms with Crippen molar-refractivity contribution in [2.45, 2.75) is 33.7 Å². The Kier molecular flexibility index (Phi) is 6.32. The van der Waals surface area contributed by atoms with Gasteiger partial charge in [-0.3, -0.25) is 0 Å². The largest absolute Gasteiger partial charge is 0.492 e. The van der Waals surface area contributed by atoms with Crippen LogP contribution in [0.15, 0.2) is 30.9 Å². The standard InChI is InChI=1S/C19H30N2O/c1-5-9-20-12-17-7-8-18(19(11-17)22-6-2)21-13-15(3)10-16(4)14-21/h5,7-8,11,15-16,20H,1,6,9-10,12-14H2,2-4H3. The lowest BCUT2D eigenvalue weighted by Gasteiger charge is -2.37. The fourth-order valence-electron chi connectivity index (χ4n) is 3.38. The van der Waals surface area contributed by atoms with Crippen molar-refractivity contribution in [3.05, 3.63) is 36.4 Å². The number of anilines is 1. The molecular formula is C19H30N2O. The second kappa shape index (κ2) is 8.23. The third-order valence-corrected chi connectivity index (χ3v) is 4.15. The molecule has 1 saturated heterocycles. The molecule has 2 atom stereocenters. The van der Waals surface area contributed by atoms with Crippen LogP contribution >= 0.6 is 0 Å². The van der Waals surface area contributed by atoms with E-state index in [1.54, 1.807) is 0 Å². The van der Waals surface area contributed by atoms with Crippen molar-refractivity contribution in [3.63, 3.8) is 0 Å². The summed E-state index contributed by atoms with van der Waals surface area (Å²) in [5.74, 6) is 2.50. The van der Waals surface area contributed by atoms with E-state index in [9.17, 15) is 0 Å². The molecule has 0 aliphatic carbocycles. The van der Waals surface area contributed by atoms with Crippen molar-refractivity contribution in [2.24, 2.45) is 11.8 Å². The molecule has 22 heavy (non-hydrogen) atoms. The Balaban J connectivity index is 2.16. The molecule has 1 N–H and O–H groups in total. The average molecular weight is 302 g/mol. The lowest BCUT2D eigenvalue weighted by molar-refractivity contribution is 0.329. The lowest BCUT2D eigenvalue weighted by Crippen LogP contribution is -2.38. The van der Waals surface area contributed by atoms with Gasteiger partial charge >= 0.3 is 0 Å². The van der Waals surface area contributed by atoms with Crippen LogP contribution in [-0.4, -0.2) is 26.2 Å². The van der Waals surface area contributed by atoms with Gasteiger partial charge in [-0.1, -0.05) is 26.0 Å². The van der Waals surface area contributed by atoms with Gasteiger partial charge in [0.1, 0.15) is 5.75 Å². The van der Waals surface area contributed by atoms with E-state index < -0.39 is 0 Å². The van der Waals surface area contributed by atoms with Crippen LogP contribution in [0, 0.1) is 11.8 Å². The minimum absolute atomic E-state index is 0.704. The summed E-state index contributed by atoms with van der Waals surface area (Å²) in [6, 6.07) is 6.61. The van der Waals surface area contributed by atoms with Gasteiger partial charge in [-0.15, -0.1) is 6.58 Å². The van der Waals surface area contributed by atoms with Crippen LogP contribution in [0.4, 0.5) is 5.69 Å². The van der Waals surface area contributed by atoms with Gasteiger partial charge in [0.15, 0.2) is 0 Å². The summed E-state index contributed by atoms with van der Waals surface area (Å²) in [6.45, 7) is 15.1. The van der Waals surface area contributed by atoms with Crippen LogP contribution in [0.25, 0.3) is 0 Å². The topological polar surface area (TPSA) is 24.5 Å². The predicted octanol–water partition coefficient (Wildman–Crippen LogP) is 3.84. The molecule has 1 aliphatic heterocycles. The van der Waals surface area contributed by atoms with Crippen molar-refractivity contribution in [2.75, 3.05) is 31.1 Å². The van der Waals surface area contributed by atoms with Gasteiger partial charge in [-0.2, -0.15) is 0 Å². The number of hydrogen-bond donors (Lipinski definition) is 1. The van der Waals surface area contributed by atoms with Gasteiger partial charge in [-0.25, -0.2) is 0 Å². The molecule has 1 aliphatic rings. The Hall–Kier alpha value is -1.48. The van der Waals surface area contributed by atoms with Gasteiger partial charge in [0.05, 0.1) is 12.3 Å². The Morgan fingerprint density at radius 3 is 2.68 bits per heavy atom. The van der Waals surface area contributed by atoms with Crippen LogP contribution in [0.2, 0.25) is 0 Å². The van der Waals surface area contributed by atoms with Crippen molar-refractivity contribution in [3.8, 4) is 5.75 Å². The Morgan fingerprint density at radius 1 is 1.32 bits per heavy atom. The second-order valence-electron chi connectivity index (χ2n) is 6.51. The number of rotatable bonds is 7. The van der Waals surface area contributed by atoms with Crippen LogP contribution in [0.3, 0.4) is 0 Å². The summed E-state index contributed by atoms with van der Waals surface area (Å²) < 4.78 is 5.92. The third kappa shape index (κ3) is 4.51. The number of hydrogen-bond acceptors (Lipinski definition) is 3.